The second-order valence-corrected chi connectivity index (χ2v) is 6.39. The van der Waals surface area contributed by atoms with Crippen molar-refractivity contribution in [2.45, 2.75) is 25.9 Å². The molecule has 1 atom stereocenters. The Bertz CT molecular complexity index is 649. The lowest BCUT2D eigenvalue weighted by atomic mass is 10.2. The molecule has 9 heteroatoms. The summed E-state index contributed by atoms with van der Waals surface area (Å²) in [5.41, 5.74) is 0.784. The Morgan fingerprint density at radius 1 is 1.36 bits per heavy atom. The molecule has 1 unspecified atom stereocenters. The summed E-state index contributed by atoms with van der Waals surface area (Å²) in [6.07, 6.45) is 2.26. The summed E-state index contributed by atoms with van der Waals surface area (Å²) in [6.45, 7) is 3.97. The zero-order valence-corrected chi connectivity index (χ0v) is 19.3. The Kier molecular flexibility index (Phi) is 11.0. The fourth-order valence-corrected chi connectivity index (χ4v) is 2.60. The average Bonchev–Trinajstić information content (AvgIpc) is 3.18. The van der Waals surface area contributed by atoms with Gasteiger partial charge in [0, 0.05) is 39.0 Å². The summed E-state index contributed by atoms with van der Waals surface area (Å²) in [6, 6.07) is 5.56. The van der Waals surface area contributed by atoms with Gasteiger partial charge in [0.05, 0.1) is 19.8 Å². The van der Waals surface area contributed by atoms with Crippen LogP contribution in [0.5, 0.6) is 11.5 Å². The van der Waals surface area contributed by atoms with Crippen molar-refractivity contribution in [2.24, 2.45) is 4.99 Å². The smallest absolute Gasteiger partial charge is 0.243 e. The van der Waals surface area contributed by atoms with Gasteiger partial charge in [-0.3, -0.25) is 4.79 Å². The first-order valence-corrected chi connectivity index (χ1v) is 9.21. The lowest BCUT2D eigenvalue weighted by molar-refractivity contribution is -0.127. The second kappa shape index (κ2) is 12.7. The van der Waals surface area contributed by atoms with Crippen molar-refractivity contribution < 1.29 is 19.0 Å². The van der Waals surface area contributed by atoms with E-state index in [0.717, 1.165) is 25.1 Å². The van der Waals surface area contributed by atoms with Crippen LogP contribution in [0.1, 0.15) is 19.8 Å². The Balaban J connectivity index is 0.00000392. The molecule has 2 N–H and O–H groups in total. The van der Waals surface area contributed by atoms with Crippen LogP contribution < -0.4 is 20.1 Å². The standard InChI is InChI=1S/C19H30N4O4.HI/c1-5-26-16-9-8-14(11-17(16)25-4)22-19(21-13-18(24)23(2)3)20-12-15-7-6-10-27-15;/h8-9,11,15H,5-7,10,12-13H2,1-4H3,(H2,20,21,22);1H. The van der Waals surface area contributed by atoms with Crippen LogP contribution in [0.2, 0.25) is 0 Å². The zero-order chi connectivity index (χ0) is 19.6. The Morgan fingerprint density at radius 2 is 2.14 bits per heavy atom. The first-order valence-electron chi connectivity index (χ1n) is 9.21. The summed E-state index contributed by atoms with van der Waals surface area (Å²) in [5, 5.41) is 6.47. The monoisotopic (exact) mass is 506 g/mol. The van der Waals surface area contributed by atoms with Crippen LogP contribution in [0.3, 0.4) is 0 Å². The molecule has 8 nitrogen and oxygen atoms in total. The van der Waals surface area contributed by atoms with Crippen molar-refractivity contribution in [1.29, 1.82) is 0 Å². The molecular formula is C19H31IN4O4. The SMILES string of the molecule is CCOc1ccc(NC(=NCC(=O)N(C)C)NCC2CCCO2)cc1OC.I. The summed E-state index contributed by atoms with van der Waals surface area (Å²) >= 11 is 0. The number of carbonyl (C=O) groups excluding carboxylic acids is 1. The van der Waals surface area contributed by atoms with Crippen molar-refractivity contribution in [2.75, 3.05) is 52.8 Å². The van der Waals surface area contributed by atoms with E-state index >= 15 is 0 Å². The molecule has 0 bridgehead atoms. The Morgan fingerprint density at radius 3 is 2.75 bits per heavy atom. The van der Waals surface area contributed by atoms with Crippen LogP contribution in [0.25, 0.3) is 0 Å². The van der Waals surface area contributed by atoms with Gasteiger partial charge in [-0.15, -0.1) is 24.0 Å². The van der Waals surface area contributed by atoms with Crippen LogP contribution in [0.4, 0.5) is 5.69 Å². The minimum absolute atomic E-state index is 0. The van der Waals surface area contributed by atoms with Gasteiger partial charge in [-0.25, -0.2) is 4.99 Å². The number of halogens is 1. The number of amides is 1. The number of carbonyl (C=O) groups is 1. The average molecular weight is 506 g/mol. The highest BCUT2D eigenvalue weighted by Gasteiger charge is 2.16. The summed E-state index contributed by atoms with van der Waals surface area (Å²) in [4.78, 5) is 17.8. The van der Waals surface area contributed by atoms with Gasteiger partial charge in [0.2, 0.25) is 5.91 Å². The van der Waals surface area contributed by atoms with E-state index in [1.54, 1.807) is 21.2 Å². The molecule has 1 saturated heterocycles. The van der Waals surface area contributed by atoms with Gasteiger partial charge in [0.15, 0.2) is 17.5 Å². The number of nitrogens with one attached hydrogen (secondary N) is 2. The molecule has 158 valence electrons. The van der Waals surface area contributed by atoms with Gasteiger partial charge in [-0.1, -0.05) is 0 Å². The molecule has 1 aliphatic heterocycles. The molecule has 28 heavy (non-hydrogen) atoms. The first kappa shape index (κ1) is 24.3. The van der Waals surface area contributed by atoms with Crippen molar-refractivity contribution in [3.8, 4) is 11.5 Å². The highest BCUT2D eigenvalue weighted by molar-refractivity contribution is 14.0. The van der Waals surface area contributed by atoms with Crippen LogP contribution in [-0.4, -0.2) is 70.4 Å². The molecule has 2 rings (SSSR count). The third-order valence-electron chi connectivity index (χ3n) is 4.12. The van der Waals surface area contributed by atoms with E-state index in [4.69, 9.17) is 14.2 Å². The normalized spacial score (nSPS) is 16.1. The second-order valence-electron chi connectivity index (χ2n) is 6.39. The van der Waals surface area contributed by atoms with E-state index < -0.39 is 0 Å². The molecule has 0 aliphatic carbocycles. The lowest BCUT2D eigenvalue weighted by Gasteiger charge is -2.17. The summed E-state index contributed by atoms with van der Waals surface area (Å²) < 4.78 is 16.6. The molecule has 1 heterocycles. The Hall–Kier alpha value is -1.75. The first-order chi connectivity index (χ1) is 13.0. The number of aliphatic imine (C=N–C) groups is 1. The number of anilines is 1. The summed E-state index contributed by atoms with van der Waals surface area (Å²) in [7, 11) is 5.02. The maximum Gasteiger partial charge on any atom is 0.243 e. The zero-order valence-electron chi connectivity index (χ0n) is 17.0. The quantitative estimate of drug-likeness (QED) is 0.320. The summed E-state index contributed by atoms with van der Waals surface area (Å²) in [5.74, 6) is 1.76. The van der Waals surface area contributed by atoms with E-state index in [0.29, 0.717) is 30.6 Å². The topological polar surface area (TPSA) is 84.4 Å². The number of rotatable bonds is 8. The lowest BCUT2D eigenvalue weighted by Crippen LogP contribution is -2.37. The molecule has 1 aliphatic rings. The minimum Gasteiger partial charge on any atom is -0.493 e. The fourth-order valence-electron chi connectivity index (χ4n) is 2.60. The van der Waals surface area contributed by atoms with Crippen molar-refractivity contribution in [1.82, 2.24) is 10.2 Å². The maximum atomic E-state index is 11.9. The molecule has 0 aromatic heterocycles. The van der Waals surface area contributed by atoms with Crippen LogP contribution >= 0.6 is 24.0 Å². The number of ether oxygens (including phenoxy) is 3. The van der Waals surface area contributed by atoms with Crippen molar-refractivity contribution in [3.63, 3.8) is 0 Å². The van der Waals surface area contributed by atoms with Gasteiger partial charge in [-0.2, -0.15) is 0 Å². The van der Waals surface area contributed by atoms with Gasteiger partial charge in [0.1, 0.15) is 6.54 Å². The van der Waals surface area contributed by atoms with Crippen LogP contribution in [0, 0.1) is 0 Å². The molecule has 1 fully saturated rings. The maximum absolute atomic E-state index is 11.9. The molecule has 0 saturated carbocycles. The van der Waals surface area contributed by atoms with E-state index in [2.05, 4.69) is 15.6 Å². The Labute approximate surface area is 184 Å². The van der Waals surface area contributed by atoms with E-state index in [1.165, 1.54) is 4.90 Å². The molecule has 1 aromatic carbocycles. The predicted octanol–water partition coefficient (Wildman–Crippen LogP) is 2.34. The molecule has 0 spiro atoms. The van der Waals surface area contributed by atoms with Crippen LogP contribution in [-0.2, 0) is 9.53 Å². The van der Waals surface area contributed by atoms with Gasteiger partial charge in [-0.05, 0) is 31.9 Å². The van der Waals surface area contributed by atoms with Gasteiger partial charge < -0.3 is 29.7 Å². The largest absolute Gasteiger partial charge is 0.493 e. The molecule has 1 amide bonds. The van der Waals surface area contributed by atoms with E-state index in [9.17, 15) is 4.79 Å². The van der Waals surface area contributed by atoms with Crippen molar-refractivity contribution in [3.05, 3.63) is 18.2 Å². The predicted molar refractivity (Wildman–Crippen MR) is 121 cm³/mol. The number of nitrogens with zero attached hydrogens (tertiary/aromatic N) is 2. The number of hydrogen-bond acceptors (Lipinski definition) is 5. The molecule has 1 aromatic rings. The van der Waals surface area contributed by atoms with Crippen molar-refractivity contribution >= 4 is 41.5 Å². The number of methoxy groups -OCH3 is 1. The van der Waals surface area contributed by atoms with E-state index in [1.807, 2.05) is 25.1 Å². The van der Waals surface area contributed by atoms with Gasteiger partial charge in [0.25, 0.3) is 0 Å². The number of likely N-dealkylation sites (N-methyl/N-ethyl adjacent to an activating group) is 1. The fraction of sp³-hybridized carbons (Fsp3) is 0.579. The minimum atomic E-state index is -0.0718. The highest BCUT2D eigenvalue weighted by Crippen LogP contribution is 2.30. The number of guanidine groups is 1. The van der Waals surface area contributed by atoms with Gasteiger partial charge >= 0.3 is 0 Å². The van der Waals surface area contributed by atoms with E-state index in [-0.39, 0.29) is 42.5 Å². The molecule has 0 radical (unpaired) electrons. The molecular weight excluding hydrogens is 475 g/mol. The third-order valence-corrected chi connectivity index (χ3v) is 4.12. The number of hydrogen-bond donors (Lipinski definition) is 2. The third kappa shape index (κ3) is 7.70. The van der Waals surface area contributed by atoms with Crippen LogP contribution in [0.15, 0.2) is 23.2 Å². The highest BCUT2D eigenvalue weighted by atomic mass is 127. The number of benzene rings is 1.